The number of aliphatic hydroxyl groups is 1. The van der Waals surface area contributed by atoms with Crippen LogP contribution in [0.15, 0.2) is 36.4 Å². The number of hydrogen-bond acceptors (Lipinski definition) is 4. The first kappa shape index (κ1) is 25.8. The second-order valence-corrected chi connectivity index (χ2v) is 8.06. The van der Waals surface area contributed by atoms with Gasteiger partial charge in [0.05, 0.1) is 22.2 Å². The van der Waals surface area contributed by atoms with Gasteiger partial charge in [0.25, 0.3) is 0 Å². The van der Waals surface area contributed by atoms with Crippen molar-refractivity contribution in [2.75, 3.05) is 33.3 Å². The van der Waals surface area contributed by atoms with E-state index < -0.39 is 17.6 Å². The maximum absolute atomic E-state index is 13.8. The maximum atomic E-state index is 13.8. The topological polar surface area (TPSA) is 61.5 Å². The van der Waals surface area contributed by atoms with E-state index >= 15 is 0 Å². The van der Waals surface area contributed by atoms with E-state index in [2.05, 4.69) is 5.32 Å². The van der Waals surface area contributed by atoms with Crippen molar-refractivity contribution in [3.8, 4) is 0 Å². The van der Waals surface area contributed by atoms with Crippen LogP contribution in [0.5, 0.6) is 0 Å². The molecule has 3 rings (SSSR count). The van der Waals surface area contributed by atoms with Crippen LogP contribution in [-0.2, 0) is 12.7 Å². The lowest BCUT2D eigenvalue weighted by molar-refractivity contribution is -0.140. The molecule has 4 nitrogen and oxygen atoms in total. The van der Waals surface area contributed by atoms with E-state index in [1.54, 1.807) is 6.07 Å². The summed E-state index contributed by atoms with van der Waals surface area (Å²) in [5.41, 5.74) is 5.05. The standard InChI is InChI=1S/C19H18Cl2F4N2.C2H7NO/c1-27(10-11-2-4-14(17(22)6-11)19(23,24)25)18-9-26-8-13(18)12-3-5-15(20)16(21)7-12;3-1-2-4/h2-7,13,18,26H,8-10H2,1H3;4H,1-3H2. The summed E-state index contributed by atoms with van der Waals surface area (Å²) in [6.45, 7) is 2.26. The number of hydrogen-bond donors (Lipinski definition) is 3. The number of nitrogens with one attached hydrogen (secondary N) is 1. The average Bonchev–Trinajstić information content (AvgIpc) is 3.19. The quantitative estimate of drug-likeness (QED) is 0.557. The molecule has 4 N–H and O–H groups in total. The predicted molar refractivity (Wildman–Crippen MR) is 115 cm³/mol. The monoisotopic (exact) mass is 481 g/mol. The van der Waals surface area contributed by atoms with Gasteiger partial charge in [0.15, 0.2) is 0 Å². The Morgan fingerprint density at radius 2 is 1.81 bits per heavy atom. The lowest BCUT2D eigenvalue weighted by Crippen LogP contribution is -2.36. The van der Waals surface area contributed by atoms with Crippen molar-refractivity contribution in [3.63, 3.8) is 0 Å². The zero-order chi connectivity index (χ0) is 23.2. The highest BCUT2D eigenvalue weighted by Gasteiger charge is 2.35. The van der Waals surface area contributed by atoms with E-state index in [-0.39, 0.29) is 18.6 Å². The molecular weight excluding hydrogens is 457 g/mol. The molecule has 172 valence electrons. The van der Waals surface area contributed by atoms with E-state index in [4.69, 9.17) is 34.0 Å². The van der Waals surface area contributed by atoms with Crippen LogP contribution in [0.2, 0.25) is 10.0 Å². The second-order valence-electron chi connectivity index (χ2n) is 7.24. The Hall–Kier alpha value is -1.42. The van der Waals surface area contributed by atoms with Crippen molar-refractivity contribution in [3.05, 3.63) is 69.0 Å². The van der Waals surface area contributed by atoms with Gasteiger partial charge in [0, 0.05) is 38.1 Å². The highest BCUT2D eigenvalue weighted by atomic mass is 35.5. The lowest BCUT2D eigenvalue weighted by atomic mass is 9.93. The summed E-state index contributed by atoms with van der Waals surface area (Å²) in [7, 11) is 1.87. The third-order valence-corrected chi connectivity index (χ3v) is 5.76. The molecule has 1 fully saturated rings. The summed E-state index contributed by atoms with van der Waals surface area (Å²) in [5, 5.41) is 12.0. The molecule has 1 aliphatic rings. The Labute approximate surface area is 188 Å². The van der Waals surface area contributed by atoms with E-state index in [0.29, 0.717) is 35.2 Å². The van der Waals surface area contributed by atoms with Crippen LogP contribution in [0.1, 0.15) is 22.6 Å². The molecule has 1 heterocycles. The Bertz CT molecular complexity index is 865. The SMILES string of the molecule is CN(Cc1ccc(C(F)(F)F)c(F)c1)C1CNCC1c1ccc(Cl)c(Cl)c1.NCCO. The number of halogens is 6. The van der Waals surface area contributed by atoms with Gasteiger partial charge in [0.1, 0.15) is 5.82 Å². The molecule has 0 radical (unpaired) electrons. The molecule has 0 amide bonds. The number of rotatable bonds is 5. The van der Waals surface area contributed by atoms with E-state index in [1.165, 1.54) is 6.07 Å². The van der Waals surface area contributed by atoms with E-state index in [0.717, 1.165) is 24.2 Å². The largest absolute Gasteiger partial charge is 0.419 e. The van der Waals surface area contributed by atoms with Crippen LogP contribution in [0.3, 0.4) is 0 Å². The maximum Gasteiger partial charge on any atom is 0.419 e. The van der Waals surface area contributed by atoms with Crippen LogP contribution in [0.4, 0.5) is 17.6 Å². The third kappa shape index (κ3) is 7.03. The van der Waals surface area contributed by atoms with Crippen LogP contribution in [0, 0.1) is 5.82 Å². The molecule has 0 aromatic heterocycles. The predicted octanol–water partition coefficient (Wildman–Crippen LogP) is 4.28. The smallest absolute Gasteiger partial charge is 0.395 e. The van der Waals surface area contributed by atoms with Gasteiger partial charge in [-0.25, -0.2) is 4.39 Å². The minimum atomic E-state index is -4.69. The summed E-state index contributed by atoms with van der Waals surface area (Å²) in [6, 6.07) is 8.66. The van der Waals surface area contributed by atoms with Crippen molar-refractivity contribution in [1.29, 1.82) is 0 Å². The van der Waals surface area contributed by atoms with Crippen LogP contribution >= 0.6 is 23.2 Å². The highest BCUT2D eigenvalue weighted by molar-refractivity contribution is 6.42. The normalized spacial score (nSPS) is 18.8. The molecule has 2 atom stereocenters. The lowest BCUT2D eigenvalue weighted by Gasteiger charge is -2.29. The third-order valence-electron chi connectivity index (χ3n) is 5.02. The molecule has 31 heavy (non-hydrogen) atoms. The molecular formula is C21H25Cl2F4N3O. The number of aliphatic hydroxyl groups excluding tert-OH is 1. The first-order chi connectivity index (χ1) is 14.6. The fourth-order valence-electron chi connectivity index (χ4n) is 3.50. The van der Waals surface area contributed by atoms with Crippen molar-refractivity contribution >= 4 is 23.2 Å². The molecule has 0 aliphatic carbocycles. The summed E-state index contributed by atoms with van der Waals surface area (Å²) in [4.78, 5) is 2.01. The van der Waals surface area contributed by atoms with Crippen LogP contribution in [-0.4, -0.2) is 49.3 Å². The number of nitrogens with two attached hydrogens (primary N) is 1. The Balaban J connectivity index is 0.000000785. The van der Waals surface area contributed by atoms with Gasteiger partial charge in [-0.15, -0.1) is 0 Å². The summed E-state index contributed by atoms with van der Waals surface area (Å²) in [6.07, 6.45) is -4.69. The van der Waals surface area contributed by atoms with Crippen molar-refractivity contribution in [1.82, 2.24) is 10.2 Å². The van der Waals surface area contributed by atoms with Crippen molar-refractivity contribution in [2.45, 2.75) is 24.7 Å². The number of likely N-dealkylation sites (N-methyl/N-ethyl adjacent to an activating group) is 1. The molecule has 2 aromatic rings. The Kier molecular flexibility index (Phi) is 9.54. The zero-order valence-electron chi connectivity index (χ0n) is 16.9. The molecule has 1 aliphatic heterocycles. The molecule has 0 saturated carbocycles. The summed E-state index contributed by atoms with van der Waals surface area (Å²) in [5.74, 6) is -1.11. The van der Waals surface area contributed by atoms with Gasteiger partial charge >= 0.3 is 6.18 Å². The minimum Gasteiger partial charge on any atom is -0.395 e. The van der Waals surface area contributed by atoms with Crippen molar-refractivity contribution < 1.29 is 22.7 Å². The van der Waals surface area contributed by atoms with Gasteiger partial charge in [-0.2, -0.15) is 13.2 Å². The number of alkyl halides is 3. The van der Waals surface area contributed by atoms with Crippen LogP contribution < -0.4 is 11.1 Å². The molecule has 1 saturated heterocycles. The Morgan fingerprint density at radius 3 is 2.35 bits per heavy atom. The zero-order valence-corrected chi connectivity index (χ0v) is 18.4. The molecule has 2 unspecified atom stereocenters. The summed E-state index contributed by atoms with van der Waals surface area (Å²) < 4.78 is 51.9. The first-order valence-electron chi connectivity index (χ1n) is 9.61. The fraction of sp³-hybridized carbons (Fsp3) is 0.429. The first-order valence-corrected chi connectivity index (χ1v) is 10.4. The molecule has 0 spiro atoms. The Morgan fingerprint density at radius 1 is 1.13 bits per heavy atom. The fourth-order valence-corrected chi connectivity index (χ4v) is 3.81. The number of benzene rings is 2. The van der Waals surface area contributed by atoms with Crippen molar-refractivity contribution in [2.24, 2.45) is 5.73 Å². The van der Waals surface area contributed by atoms with E-state index in [9.17, 15) is 17.6 Å². The van der Waals surface area contributed by atoms with E-state index in [1.807, 2.05) is 24.1 Å². The summed E-state index contributed by atoms with van der Waals surface area (Å²) >= 11 is 12.1. The molecule has 10 heteroatoms. The highest BCUT2D eigenvalue weighted by Crippen LogP contribution is 2.33. The second kappa shape index (κ2) is 11.4. The van der Waals surface area contributed by atoms with Gasteiger partial charge in [-0.3, -0.25) is 4.90 Å². The van der Waals surface area contributed by atoms with Crippen LogP contribution in [0.25, 0.3) is 0 Å². The average molecular weight is 482 g/mol. The van der Waals surface area contributed by atoms with Gasteiger partial charge < -0.3 is 16.2 Å². The van der Waals surface area contributed by atoms with Gasteiger partial charge in [0.2, 0.25) is 0 Å². The van der Waals surface area contributed by atoms with Gasteiger partial charge in [-0.1, -0.05) is 35.3 Å². The number of nitrogens with zero attached hydrogens (tertiary/aromatic N) is 1. The minimum absolute atomic E-state index is 0.0904. The van der Waals surface area contributed by atoms with Gasteiger partial charge in [-0.05, 0) is 42.4 Å². The molecule has 0 bridgehead atoms. The molecule has 2 aromatic carbocycles.